The molecule has 20 heavy (non-hydrogen) atoms. The summed E-state index contributed by atoms with van der Waals surface area (Å²) in [5.74, 6) is 0. The third kappa shape index (κ3) is 3.53. The maximum atomic E-state index is 12.1. The van der Waals surface area contributed by atoms with Crippen molar-refractivity contribution >= 4 is 15.7 Å². The summed E-state index contributed by atoms with van der Waals surface area (Å²) in [6, 6.07) is 6.13. The van der Waals surface area contributed by atoms with Crippen LogP contribution < -0.4 is 10.0 Å². The van der Waals surface area contributed by atoms with Crippen LogP contribution in [0.3, 0.4) is 0 Å². The van der Waals surface area contributed by atoms with Crippen LogP contribution in [0, 0.1) is 10.1 Å². The molecular weight excluding hydrogens is 282 g/mol. The summed E-state index contributed by atoms with van der Waals surface area (Å²) in [5.41, 5.74) is 0.293. The van der Waals surface area contributed by atoms with Crippen molar-refractivity contribution in [3.8, 4) is 0 Å². The van der Waals surface area contributed by atoms with Gasteiger partial charge in [0.1, 0.15) is 0 Å². The fourth-order valence-electron chi connectivity index (χ4n) is 2.22. The number of hydrogen-bond acceptors (Lipinski definition) is 5. The molecule has 1 atom stereocenters. The van der Waals surface area contributed by atoms with Gasteiger partial charge >= 0.3 is 0 Å². The van der Waals surface area contributed by atoms with E-state index in [0.29, 0.717) is 18.5 Å². The molecule has 1 aromatic rings. The molecule has 0 saturated carbocycles. The van der Waals surface area contributed by atoms with Gasteiger partial charge < -0.3 is 5.32 Å². The second kappa shape index (κ2) is 6.29. The van der Waals surface area contributed by atoms with E-state index in [2.05, 4.69) is 10.0 Å². The minimum Gasteiger partial charge on any atom is -0.315 e. The molecule has 1 aromatic carbocycles. The van der Waals surface area contributed by atoms with Gasteiger partial charge in [-0.3, -0.25) is 10.1 Å². The molecule has 1 aliphatic rings. The normalized spacial score (nSPS) is 19.7. The van der Waals surface area contributed by atoms with Gasteiger partial charge in [0.15, 0.2) is 0 Å². The molecule has 0 bridgehead atoms. The smallest absolute Gasteiger partial charge is 0.273 e. The number of sulfonamides is 1. The van der Waals surface area contributed by atoms with Gasteiger partial charge in [0.25, 0.3) is 5.69 Å². The molecule has 2 N–H and O–H groups in total. The number of nitrogens with zero attached hydrogens (tertiary/aromatic N) is 1. The highest BCUT2D eigenvalue weighted by Gasteiger charge is 2.27. The van der Waals surface area contributed by atoms with Gasteiger partial charge in [-0.2, -0.15) is 0 Å². The van der Waals surface area contributed by atoms with E-state index in [1.54, 1.807) is 18.2 Å². The average molecular weight is 299 g/mol. The summed E-state index contributed by atoms with van der Waals surface area (Å²) in [6.45, 7) is 1.19. The van der Waals surface area contributed by atoms with Gasteiger partial charge in [0.2, 0.25) is 10.0 Å². The van der Waals surface area contributed by atoms with Crippen molar-refractivity contribution in [1.29, 1.82) is 0 Å². The highest BCUT2D eigenvalue weighted by molar-refractivity contribution is 7.90. The predicted octanol–water partition coefficient (Wildman–Crippen LogP) is 0.766. The zero-order valence-corrected chi connectivity index (χ0v) is 11.7. The Hall–Kier alpha value is -1.51. The van der Waals surface area contributed by atoms with Crippen molar-refractivity contribution in [2.24, 2.45) is 0 Å². The van der Waals surface area contributed by atoms with Crippen LogP contribution >= 0.6 is 0 Å². The van der Waals surface area contributed by atoms with Gasteiger partial charge in [-0.1, -0.05) is 18.2 Å². The van der Waals surface area contributed by atoms with E-state index in [9.17, 15) is 18.5 Å². The Labute approximate surface area is 117 Å². The molecule has 1 aliphatic heterocycles. The lowest BCUT2D eigenvalue weighted by Gasteiger charge is -2.23. The Morgan fingerprint density at radius 2 is 2.15 bits per heavy atom. The number of piperidine rings is 1. The van der Waals surface area contributed by atoms with Crippen molar-refractivity contribution in [3.63, 3.8) is 0 Å². The molecule has 1 fully saturated rings. The number of hydrogen-bond donors (Lipinski definition) is 2. The first kappa shape index (κ1) is 14.9. The number of nitro benzene ring substituents is 1. The molecule has 8 heteroatoms. The molecule has 1 unspecified atom stereocenters. The molecule has 1 heterocycles. The Morgan fingerprint density at radius 3 is 2.80 bits per heavy atom. The van der Waals surface area contributed by atoms with E-state index >= 15 is 0 Å². The van der Waals surface area contributed by atoms with Crippen LogP contribution in [0.1, 0.15) is 18.4 Å². The second-order valence-corrected chi connectivity index (χ2v) is 6.77. The molecular formula is C12H17N3O4S. The molecule has 7 nitrogen and oxygen atoms in total. The van der Waals surface area contributed by atoms with Crippen LogP contribution in [0.15, 0.2) is 24.3 Å². The predicted molar refractivity (Wildman–Crippen MR) is 74.7 cm³/mol. The molecule has 0 amide bonds. The third-order valence-corrected chi connectivity index (χ3v) is 5.17. The minimum absolute atomic E-state index is 0.0595. The molecule has 0 aromatic heterocycles. The molecule has 110 valence electrons. The van der Waals surface area contributed by atoms with Crippen molar-refractivity contribution in [1.82, 2.24) is 10.0 Å². The van der Waals surface area contributed by atoms with E-state index in [-0.39, 0.29) is 12.2 Å². The Balaban J connectivity index is 2.06. The van der Waals surface area contributed by atoms with Crippen LogP contribution in [0.5, 0.6) is 0 Å². The van der Waals surface area contributed by atoms with Crippen LogP contribution in [0.25, 0.3) is 0 Å². The van der Waals surface area contributed by atoms with Gasteiger partial charge in [-0.05, 0) is 19.4 Å². The topological polar surface area (TPSA) is 101 Å². The van der Waals surface area contributed by atoms with E-state index in [4.69, 9.17) is 0 Å². The molecule has 0 radical (unpaired) electrons. The van der Waals surface area contributed by atoms with Gasteiger partial charge in [0.05, 0.1) is 10.2 Å². The Bertz CT molecular complexity index is 582. The SMILES string of the molecule is O=[N+]([O-])c1ccccc1CNS(=O)(=O)C1CCCNC1. The summed E-state index contributed by atoms with van der Waals surface area (Å²) in [7, 11) is -3.46. The standard InChI is InChI=1S/C12H17N3O4S/c16-15(17)12-6-2-1-4-10(12)8-14-20(18,19)11-5-3-7-13-9-11/h1-2,4,6,11,13-14H,3,5,7-9H2. The van der Waals surface area contributed by atoms with Crippen LogP contribution in [-0.4, -0.2) is 31.7 Å². The Kier molecular flexibility index (Phi) is 4.69. The van der Waals surface area contributed by atoms with Crippen molar-refractivity contribution < 1.29 is 13.3 Å². The molecule has 0 spiro atoms. The first-order valence-corrected chi connectivity index (χ1v) is 7.97. The molecule has 0 aliphatic carbocycles. The summed E-state index contributed by atoms with van der Waals surface area (Å²) in [4.78, 5) is 10.4. The van der Waals surface area contributed by atoms with Gasteiger partial charge in [-0.25, -0.2) is 13.1 Å². The lowest BCUT2D eigenvalue weighted by molar-refractivity contribution is -0.385. The molecule has 1 saturated heterocycles. The summed E-state index contributed by atoms with van der Waals surface area (Å²) in [6.07, 6.45) is 1.43. The van der Waals surface area contributed by atoms with Crippen LogP contribution in [0.4, 0.5) is 5.69 Å². The van der Waals surface area contributed by atoms with Gasteiger partial charge in [-0.15, -0.1) is 0 Å². The van der Waals surface area contributed by atoms with Crippen LogP contribution in [-0.2, 0) is 16.6 Å². The van der Waals surface area contributed by atoms with Crippen LogP contribution in [0.2, 0.25) is 0 Å². The maximum absolute atomic E-state index is 12.1. The maximum Gasteiger partial charge on any atom is 0.273 e. The zero-order chi connectivity index (χ0) is 14.6. The van der Waals surface area contributed by atoms with Crippen molar-refractivity contribution in [3.05, 3.63) is 39.9 Å². The van der Waals surface area contributed by atoms with Crippen molar-refractivity contribution in [2.45, 2.75) is 24.6 Å². The average Bonchev–Trinajstić information content (AvgIpc) is 2.46. The molecule has 2 rings (SSSR count). The van der Waals surface area contributed by atoms with E-state index in [1.165, 1.54) is 6.07 Å². The summed E-state index contributed by atoms with van der Waals surface area (Å²) in [5, 5.41) is 13.4. The number of benzene rings is 1. The largest absolute Gasteiger partial charge is 0.315 e. The fraction of sp³-hybridized carbons (Fsp3) is 0.500. The zero-order valence-electron chi connectivity index (χ0n) is 10.9. The lowest BCUT2D eigenvalue weighted by Crippen LogP contribution is -2.44. The monoisotopic (exact) mass is 299 g/mol. The van der Waals surface area contributed by atoms with E-state index in [1.807, 2.05) is 0 Å². The minimum atomic E-state index is -3.46. The summed E-state index contributed by atoms with van der Waals surface area (Å²) >= 11 is 0. The van der Waals surface area contributed by atoms with Crippen molar-refractivity contribution in [2.75, 3.05) is 13.1 Å². The number of para-hydroxylation sites is 1. The number of nitrogens with one attached hydrogen (secondary N) is 2. The quantitative estimate of drug-likeness (QED) is 0.617. The first-order chi connectivity index (χ1) is 9.50. The lowest BCUT2D eigenvalue weighted by atomic mass is 10.2. The fourth-order valence-corrected chi connectivity index (χ4v) is 3.63. The van der Waals surface area contributed by atoms with E-state index in [0.717, 1.165) is 13.0 Å². The number of nitro groups is 1. The van der Waals surface area contributed by atoms with E-state index < -0.39 is 20.2 Å². The highest BCUT2D eigenvalue weighted by Crippen LogP contribution is 2.18. The van der Waals surface area contributed by atoms with Gasteiger partial charge in [0, 0.05) is 24.7 Å². The summed E-state index contributed by atoms with van der Waals surface area (Å²) < 4.78 is 26.7. The third-order valence-electron chi connectivity index (χ3n) is 3.34. The second-order valence-electron chi connectivity index (χ2n) is 4.72. The Morgan fingerprint density at radius 1 is 1.40 bits per heavy atom. The number of rotatable bonds is 5. The first-order valence-electron chi connectivity index (χ1n) is 6.42. The highest BCUT2D eigenvalue weighted by atomic mass is 32.2.